The fourth-order valence-electron chi connectivity index (χ4n) is 2.41. The summed E-state index contributed by atoms with van der Waals surface area (Å²) in [5.74, 6) is -0.331. The molecule has 4 nitrogen and oxygen atoms in total. The van der Waals surface area contributed by atoms with Gasteiger partial charge in [0.05, 0.1) is 22.0 Å². The summed E-state index contributed by atoms with van der Waals surface area (Å²) in [6.45, 7) is 3.92. The summed E-state index contributed by atoms with van der Waals surface area (Å²) in [7, 11) is 0. The number of anilines is 2. The van der Waals surface area contributed by atoms with Crippen LogP contribution >= 0.6 is 11.6 Å². The van der Waals surface area contributed by atoms with Crippen LogP contribution in [-0.4, -0.2) is 24.8 Å². The van der Waals surface area contributed by atoms with E-state index in [1.165, 1.54) is 12.8 Å². The van der Waals surface area contributed by atoms with Crippen LogP contribution in [0.4, 0.5) is 11.4 Å². The Kier molecular flexibility index (Phi) is 2.97. The standard InChI is InChI=1S/C14H15ClN2O2/c1-2-17(7-8-3-4-8)12-6-11-9(5-10(12)15)13(18)14(19)16-11/h5-6,8H,2-4,7H2,1H3,(H,16,18,19). The molecule has 0 aromatic heterocycles. The van der Waals surface area contributed by atoms with Crippen LogP contribution in [0.1, 0.15) is 30.1 Å². The molecule has 0 atom stereocenters. The van der Waals surface area contributed by atoms with Crippen LogP contribution in [0.2, 0.25) is 5.02 Å². The van der Waals surface area contributed by atoms with Gasteiger partial charge in [0.2, 0.25) is 0 Å². The van der Waals surface area contributed by atoms with Crippen molar-refractivity contribution in [1.29, 1.82) is 0 Å². The first-order valence-electron chi connectivity index (χ1n) is 6.54. The Labute approximate surface area is 116 Å². The highest BCUT2D eigenvalue weighted by Gasteiger charge is 2.31. The molecule has 1 aliphatic carbocycles. The van der Waals surface area contributed by atoms with Gasteiger partial charge in [0.15, 0.2) is 0 Å². The number of ketones is 1. The molecule has 2 aliphatic rings. The summed E-state index contributed by atoms with van der Waals surface area (Å²) in [4.78, 5) is 25.2. The van der Waals surface area contributed by atoms with E-state index in [1.807, 2.05) is 6.07 Å². The third-order valence-corrected chi connectivity index (χ3v) is 3.99. The zero-order valence-corrected chi connectivity index (χ0v) is 11.5. The van der Waals surface area contributed by atoms with E-state index in [-0.39, 0.29) is 0 Å². The molecule has 1 saturated carbocycles. The van der Waals surface area contributed by atoms with E-state index in [0.29, 0.717) is 16.3 Å². The first kappa shape index (κ1) is 12.5. The number of halogens is 1. The lowest BCUT2D eigenvalue weighted by Gasteiger charge is -2.24. The predicted molar refractivity (Wildman–Crippen MR) is 75.0 cm³/mol. The third-order valence-electron chi connectivity index (χ3n) is 3.68. The Morgan fingerprint density at radius 3 is 2.74 bits per heavy atom. The largest absolute Gasteiger partial charge is 0.370 e. The van der Waals surface area contributed by atoms with E-state index in [4.69, 9.17) is 11.6 Å². The molecule has 0 radical (unpaired) electrons. The molecule has 0 spiro atoms. The van der Waals surface area contributed by atoms with Crippen LogP contribution in [-0.2, 0) is 4.79 Å². The number of amides is 1. The second kappa shape index (κ2) is 4.53. The molecule has 100 valence electrons. The number of hydrogen-bond donors (Lipinski definition) is 1. The zero-order valence-electron chi connectivity index (χ0n) is 10.7. The Morgan fingerprint density at radius 2 is 2.11 bits per heavy atom. The topological polar surface area (TPSA) is 49.4 Å². The Bertz CT molecular complexity index is 567. The SMILES string of the molecule is CCN(CC1CC1)c1cc2c(cc1Cl)C(=O)C(=O)N2. The van der Waals surface area contributed by atoms with Gasteiger partial charge < -0.3 is 10.2 Å². The second-order valence-corrected chi connectivity index (χ2v) is 5.52. The molecule has 1 aliphatic heterocycles. The van der Waals surface area contributed by atoms with Crippen molar-refractivity contribution < 1.29 is 9.59 Å². The summed E-state index contributed by atoms with van der Waals surface area (Å²) in [5.41, 5.74) is 1.84. The summed E-state index contributed by atoms with van der Waals surface area (Å²) < 4.78 is 0. The molecule has 3 rings (SSSR count). The highest BCUT2D eigenvalue weighted by Crippen LogP contribution is 2.37. The van der Waals surface area contributed by atoms with Crippen molar-refractivity contribution >= 4 is 34.7 Å². The first-order chi connectivity index (χ1) is 9.10. The molecule has 0 unspecified atom stereocenters. The van der Waals surface area contributed by atoms with Crippen molar-refractivity contribution in [3.8, 4) is 0 Å². The van der Waals surface area contributed by atoms with Gasteiger partial charge in [0.1, 0.15) is 0 Å². The minimum absolute atomic E-state index is 0.376. The minimum atomic E-state index is -0.576. The molecule has 0 saturated heterocycles. The van der Waals surface area contributed by atoms with Gasteiger partial charge in [-0.05, 0) is 37.8 Å². The fourth-order valence-corrected chi connectivity index (χ4v) is 2.69. The number of hydrogen-bond acceptors (Lipinski definition) is 3. The fraction of sp³-hybridized carbons (Fsp3) is 0.429. The van der Waals surface area contributed by atoms with Gasteiger partial charge in [-0.25, -0.2) is 0 Å². The van der Waals surface area contributed by atoms with Gasteiger partial charge in [0.25, 0.3) is 11.7 Å². The van der Waals surface area contributed by atoms with Gasteiger partial charge in [-0.3, -0.25) is 9.59 Å². The van der Waals surface area contributed by atoms with Crippen LogP contribution in [0.25, 0.3) is 0 Å². The van der Waals surface area contributed by atoms with E-state index in [2.05, 4.69) is 17.1 Å². The number of Topliss-reactive ketones (excluding diaryl/α,β-unsaturated/α-hetero) is 1. The van der Waals surface area contributed by atoms with Gasteiger partial charge in [-0.1, -0.05) is 11.6 Å². The first-order valence-corrected chi connectivity index (χ1v) is 6.92. The molecular weight excluding hydrogens is 264 g/mol. The maximum atomic E-state index is 11.6. The summed E-state index contributed by atoms with van der Waals surface area (Å²) in [6, 6.07) is 3.41. The van der Waals surface area contributed by atoms with Crippen LogP contribution in [0.3, 0.4) is 0 Å². The van der Waals surface area contributed by atoms with Crippen molar-refractivity contribution in [2.24, 2.45) is 5.92 Å². The Balaban J connectivity index is 1.96. The van der Waals surface area contributed by atoms with Gasteiger partial charge >= 0.3 is 0 Å². The number of fused-ring (bicyclic) bond motifs is 1. The van der Waals surface area contributed by atoms with Crippen LogP contribution < -0.4 is 10.2 Å². The molecule has 1 aromatic carbocycles. The number of carbonyl (C=O) groups excluding carboxylic acids is 2. The van der Waals surface area contributed by atoms with Crippen molar-refractivity contribution in [1.82, 2.24) is 0 Å². The highest BCUT2D eigenvalue weighted by atomic mass is 35.5. The van der Waals surface area contributed by atoms with E-state index in [0.717, 1.165) is 24.7 Å². The Morgan fingerprint density at radius 1 is 1.37 bits per heavy atom. The molecule has 19 heavy (non-hydrogen) atoms. The average molecular weight is 279 g/mol. The van der Waals surface area contributed by atoms with Gasteiger partial charge in [-0.15, -0.1) is 0 Å². The Hall–Kier alpha value is -1.55. The minimum Gasteiger partial charge on any atom is -0.370 e. The molecule has 1 amide bonds. The van der Waals surface area contributed by atoms with Crippen molar-refractivity contribution in [3.05, 3.63) is 22.7 Å². The lowest BCUT2D eigenvalue weighted by molar-refractivity contribution is -0.112. The molecular formula is C14H15ClN2O2. The summed E-state index contributed by atoms with van der Waals surface area (Å²) in [5, 5.41) is 3.12. The number of carbonyl (C=O) groups is 2. The maximum Gasteiger partial charge on any atom is 0.296 e. The number of nitrogens with one attached hydrogen (secondary N) is 1. The van der Waals surface area contributed by atoms with Crippen molar-refractivity contribution in [2.45, 2.75) is 19.8 Å². The highest BCUT2D eigenvalue weighted by molar-refractivity contribution is 6.52. The molecule has 0 bridgehead atoms. The normalized spacial score (nSPS) is 17.4. The maximum absolute atomic E-state index is 11.6. The molecule has 1 heterocycles. The lowest BCUT2D eigenvalue weighted by atomic mass is 10.1. The molecule has 5 heteroatoms. The average Bonchev–Trinajstić information content (AvgIpc) is 3.16. The smallest absolute Gasteiger partial charge is 0.296 e. The monoisotopic (exact) mass is 278 g/mol. The summed E-state index contributed by atoms with van der Waals surface area (Å²) >= 11 is 6.27. The quantitative estimate of drug-likeness (QED) is 0.862. The number of benzene rings is 1. The predicted octanol–water partition coefficient (Wildman–Crippen LogP) is 2.71. The van der Waals surface area contributed by atoms with Crippen LogP contribution in [0.15, 0.2) is 12.1 Å². The number of nitrogens with zero attached hydrogens (tertiary/aromatic N) is 1. The van der Waals surface area contributed by atoms with Crippen LogP contribution in [0, 0.1) is 5.92 Å². The molecule has 1 aromatic rings. The van der Waals surface area contributed by atoms with E-state index in [1.54, 1.807) is 6.07 Å². The summed E-state index contributed by atoms with van der Waals surface area (Å²) in [6.07, 6.45) is 2.54. The van der Waals surface area contributed by atoms with Crippen LogP contribution in [0.5, 0.6) is 0 Å². The zero-order chi connectivity index (χ0) is 13.6. The van der Waals surface area contributed by atoms with E-state index >= 15 is 0 Å². The third kappa shape index (κ3) is 2.21. The van der Waals surface area contributed by atoms with Gasteiger partial charge in [0, 0.05) is 13.1 Å². The van der Waals surface area contributed by atoms with E-state index < -0.39 is 11.7 Å². The molecule has 1 fully saturated rings. The van der Waals surface area contributed by atoms with E-state index in [9.17, 15) is 9.59 Å². The van der Waals surface area contributed by atoms with Gasteiger partial charge in [-0.2, -0.15) is 0 Å². The van der Waals surface area contributed by atoms with Crippen molar-refractivity contribution in [2.75, 3.05) is 23.3 Å². The second-order valence-electron chi connectivity index (χ2n) is 5.11. The number of rotatable bonds is 4. The van der Waals surface area contributed by atoms with Crippen molar-refractivity contribution in [3.63, 3.8) is 0 Å². The lowest BCUT2D eigenvalue weighted by Crippen LogP contribution is -2.25. The molecule has 1 N–H and O–H groups in total.